The van der Waals surface area contributed by atoms with E-state index in [1.54, 1.807) is 4.88 Å². The zero-order chi connectivity index (χ0) is 17.1. The summed E-state index contributed by atoms with van der Waals surface area (Å²) in [5.41, 5.74) is 3.56. The van der Waals surface area contributed by atoms with Crippen LogP contribution in [-0.2, 0) is 19.3 Å². The molecule has 1 N–H and O–H groups in total. The second-order valence-electron chi connectivity index (χ2n) is 6.47. The zero-order valence-corrected chi connectivity index (χ0v) is 17.1. The van der Waals surface area contributed by atoms with Crippen LogP contribution in [0.2, 0.25) is 0 Å². The van der Waals surface area contributed by atoms with E-state index in [-0.39, 0.29) is 0 Å². The molecule has 2 heterocycles. The Bertz CT molecular complexity index is 698. The Morgan fingerprint density at radius 1 is 1.21 bits per heavy atom. The molecule has 130 valence electrons. The predicted molar refractivity (Wildman–Crippen MR) is 106 cm³/mol. The normalized spacial score (nSPS) is 20.0. The van der Waals surface area contributed by atoms with Crippen molar-refractivity contribution < 1.29 is 0 Å². The maximum Gasteiger partial charge on any atom is 0.148 e. The molecule has 0 saturated heterocycles. The summed E-state index contributed by atoms with van der Waals surface area (Å²) in [5, 5.41) is 6.03. The molecule has 0 aliphatic heterocycles. The van der Waals surface area contributed by atoms with E-state index in [0.717, 1.165) is 34.7 Å². The lowest BCUT2D eigenvalue weighted by Gasteiger charge is -2.33. The number of thiophene rings is 1. The van der Waals surface area contributed by atoms with Crippen molar-refractivity contribution in [3.63, 3.8) is 0 Å². The van der Waals surface area contributed by atoms with Gasteiger partial charge >= 0.3 is 0 Å². The van der Waals surface area contributed by atoms with Crippen molar-refractivity contribution in [1.29, 1.82) is 0 Å². The SMILES string of the molecule is CCCC1CCc2sccc2C1Nc1nc(CC)c(Br)nc1CC. The Hall–Kier alpha value is -0.940. The van der Waals surface area contributed by atoms with E-state index in [2.05, 4.69) is 53.5 Å². The van der Waals surface area contributed by atoms with Crippen LogP contribution in [0.1, 0.15) is 67.9 Å². The van der Waals surface area contributed by atoms with Gasteiger partial charge in [0.25, 0.3) is 0 Å². The van der Waals surface area contributed by atoms with Gasteiger partial charge in [-0.2, -0.15) is 0 Å². The predicted octanol–water partition coefficient (Wildman–Crippen LogP) is 5.94. The molecular weight excluding hydrogens is 382 g/mol. The molecule has 0 amide bonds. The Morgan fingerprint density at radius 3 is 2.71 bits per heavy atom. The summed E-state index contributed by atoms with van der Waals surface area (Å²) in [6, 6.07) is 2.67. The van der Waals surface area contributed by atoms with Gasteiger partial charge in [-0.05, 0) is 71.0 Å². The van der Waals surface area contributed by atoms with Gasteiger partial charge in [0.05, 0.1) is 17.4 Å². The zero-order valence-electron chi connectivity index (χ0n) is 14.7. The Balaban J connectivity index is 1.96. The molecule has 0 radical (unpaired) electrons. The number of hydrogen-bond acceptors (Lipinski definition) is 4. The highest BCUT2D eigenvalue weighted by molar-refractivity contribution is 9.10. The lowest BCUT2D eigenvalue weighted by molar-refractivity contribution is 0.372. The van der Waals surface area contributed by atoms with Crippen LogP contribution in [0.4, 0.5) is 5.82 Å². The van der Waals surface area contributed by atoms with Gasteiger partial charge in [-0.15, -0.1) is 11.3 Å². The average Bonchev–Trinajstić information content (AvgIpc) is 3.07. The fourth-order valence-corrected chi connectivity index (χ4v) is 5.19. The first-order valence-corrected chi connectivity index (χ1v) is 10.7. The number of nitrogens with zero attached hydrogens (tertiary/aromatic N) is 2. The second kappa shape index (κ2) is 7.96. The molecule has 0 fully saturated rings. The maximum absolute atomic E-state index is 4.89. The van der Waals surface area contributed by atoms with Crippen molar-refractivity contribution in [2.45, 2.75) is 65.3 Å². The Labute approximate surface area is 157 Å². The first-order chi connectivity index (χ1) is 11.7. The molecule has 3 nitrogen and oxygen atoms in total. The largest absolute Gasteiger partial charge is 0.361 e. The Kier molecular flexibility index (Phi) is 5.93. The second-order valence-corrected chi connectivity index (χ2v) is 8.22. The summed E-state index contributed by atoms with van der Waals surface area (Å²) < 4.78 is 0.886. The topological polar surface area (TPSA) is 37.8 Å². The summed E-state index contributed by atoms with van der Waals surface area (Å²) in [6.45, 7) is 6.56. The van der Waals surface area contributed by atoms with Crippen molar-refractivity contribution in [2.24, 2.45) is 5.92 Å². The third-order valence-corrected chi connectivity index (χ3v) is 6.57. The highest BCUT2D eigenvalue weighted by Gasteiger charge is 2.30. The van der Waals surface area contributed by atoms with Crippen LogP contribution in [0.5, 0.6) is 0 Å². The molecule has 2 atom stereocenters. The highest BCUT2D eigenvalue weighted by atomic mass is 79.9. The van der Waals surface area contributed by atoms with Gasteiger partial charge in [0, 0.05) is 4.88 Å². The minimum atomic E-state index is 0.366. The van der Waals surface area contributed by atoms with Gasteiger partial charge in [-0.3, -0.25) is 0 Å². The van der Waals surface area contributed by atoms with Crippen LogP contribution in [0.25, 0.3) is 0 Å². The van der Waals surface area contributed by atoms with E-state index in [1.165, 1.54) is 31.2 Å². The lowest BCUT2D eigenvalue weighted by atomic mass is 9.81. The van der Waals surface area contributed by atoms with Crippen LogP contribution in [0.15, 0.2) is 16.0 Å². The number of hydrogen-bond donors (Lipinski definition) is 1. The number of fused-ring (bicyclic) bond motifs is 1. The summed E-state index contributed by atoms with van der Waals surface area (Å²) >= 11 is 5.46. The van der Waals surface area contributed by atoms with E-state index in [1.807, 2.05) is 11.3 Å². The summed E-state index contributed by atoms with van der Waals surface area (Å²) in [4.78, 5) is 11.2. The van der Waals surface area contributed by atoms with Crippen LogP contribution >= 0.6 is 27.3 Å². The van der Waals surface area contributed by atoms with Crippen molar-refractivity contribution in [3.05, 3.63) is 37.9 Å². The quantitative estimate of drug-likeness (QED) is 0.643. The van der Waals surface area contributed by atoms with Crippen molar-refractivity contribution in [3.8, 4) is 0 Å². The minimum Gasteiger partial charge on any atom is -0.361 e. The maximum atomic E-state index is 4.89. The van der Waals surface area contributed by atoms with E-state index >= 15 is 0 Å². The molecular formula is C19H26BrN3S. The minimum absolute atomic E-state index is 0.366. The number of aryl methyl sites for hydroxylation is 3. The number of halogens is 1. The van der Waals surface area contributed by atoms with Crippen LogP contribution in [0.3, 0.4) is 0 Å². The lowest BCUT2D eigenvalue weighted by Crippen LogP contribution is -2.27. The van der Waals surface area contributed by atoms with Crippen LogP contribution in [0, 0.1) is 5.92 Å². The molecule has 0 aromatic carbocycles. The van der Waals surface area contributed by atoms with Crippen LogP contribution < -0.4 is 5.32 Å². The average molecular weight is 408 g/mol. The van der Waals surface area contributed by atoms with Gasteiger partial charge < -0.3 is 5.32 Å². The fourth-order valence-electron chi connectivity index (χ4n) is 3.66. The summed E-state index contributed by atoms with van der Waals surface area (Å²) in [5.74, 6) is 1.65. The third kappa shape index (κ3) is 3.52. The molecule has 5 heteroatoms. The standard InChI is InChI=1S/C19H26BrN3S/c1-4-7-12-8-9-16-13(10-11-24-16)17(12)23-19-15(6-3)21-18(20)14(5-2)22-19/h10-12,17H,4-9H2,1-3H3,(H,22,23). The summed E-state index contributed by atoms with van der Waals surface area (Å²) in [7, 11) is 0. The molecule has 24 heavy (non-hydrogen) atoms. The van der Waals surface area contributed by atoms with Gasteiger partial charge in [0.15, 0.2) is 0 Å². The highest BCUT2D eigenvalue weighted by Crippen LogP contribution is 2.41. The number of aromatic nitrogens is 2. The van der Waals surface area contributed by atoms with Crippen LogP contribution in [-0.4, -0.2) is 9.97 Å². The fraction of sp³-hybridized carbons (Fsp3) is 0.579. The molecule has 0 spiro atoms. The Morgan fingerprint density at radius 2 is 2.00 bits per heavy atom. The first kappa shape index (κ1) is 17.9. The monoisotopic (exact) mass is 407 g/mol. The van der Waals surface area contributed by atoms with Gasteiger partial charge in [0.2, 0.25) is 0 Å². The van der Waals surface area contributed by atoms with Gasteiger partial charge in [-0.25, -0.2) is 9.97 Å². The molecule has 2 aromatic rings. The van der Waals surface area contributed by atoms with Gasteiger partial charge in [-0.1, -0.05) is 27.2 Å². The van der Waals surface area contributed by atoms with Crippen molar-refractivity contribution in [2.75, 3.05) is 5.32 Å². The van der Waals surface area contributed by atoms with E-state index in [0.29, 0.717) is 12.0 Å². The molecule has 2 aromatic heterocycles. The molecule has 1 aliphatic rings. The van der Waals surface area contributed by atoms with E-state index in [4.69, 9.17) is 9.97 Å². The number of anilines is 1. The molecule has 0 bridgehead atoms. The molecule has 0 saturated carbocycles. The number of nitrogens with one attached hydrogen (secondary N) is 1. The summed E-state index contributed by atoms with van der Waals surface area (Å²) in [6.07, 6.45) is 6.76. The van der Waals surface area contributed by atoms with E-state index < -0.39 is 0 Å². The van der Waals surface area contributed by atoms with Crippen molar-refractivity contribution in [1.82, 2.24) is 9.97 Å². The smallest absolute Gasteiger partial charge is 0.148 e. The van der Waals surface area contributed by atoms with Crippen molar-refractivity contribution >= 4 is 33.1 Å². The number of rotatable bonds is 6. The molecule has 2 unspecified atom stereocenters. The molecule has 1 aliphatic carbocycles. The van der Waals surface area contributed by atoms with Gasteiger partial charge in [0.1, 0.15) is 10.4 Å². The molecule has 3 rings (SSSR count). The first-order valence-electron chi connectivity index (χ1n) is 9.05. The third-order valence-electron chi connectivity index (χ3n) is 4.94. The van der Waals surface area contributed by atoms with E-state index in [9.17, 15) is 0 Å².